The van der Waals surface area contributed by atoms with E-state index in [4.69, 9.17) is 23.3 Å². The topological polar surface area (TPSA) is 112 Å². The molecule has 24 heavy (non-hydrogen) atoms. The number of rotatable bonds is 0. The van der Waals surface area contributed by atoms with E-state index in [1.54, 1.807) is 12.4 Å². The minimum absolute atomic E-state index is 0. The summed E-state index contributed by atoms with van der Waals surface area (Å²) in [6, 6.07) is 5.72. The molecule has 1 aromatic rings. The summed E-state index contributed by atoms with van der Waals surface area (Å²) in [4.78, 5) is 3.78. The van der Waals surface area contributed by atoms with Gasteiger partial charge >= 0.3 is 89.5 Å². The molecule has 0 spiro atoms. The van der Waals surface area contributed by atoms with Crippen LogP contribution in [0.5, 0.6) is 0 Å². The summed E-state index contributed by atoms with van der Waals surface area (Å²) in [5.41, 5.74) is 0. The van der Waals surface area contributed by atoms with E-state index in [0.29, 0.717) is 0 Å². The zero-order chi connectivity index (χ0) is 20.7. The molecule has 0 saturated heterocycles. The first-order valence-corrected chi connectivity index (χ1v) is 5.91. The van der Waals surface area contributed by atoms with E-state index < -0.39 is 7.81 Å². The van der Waals surface area contributed by atoms with Crippen molar-refractivity contribution in [1.82, 2.24) is 4.98 Å². The summed E-state index contributed by atoms with van der Waals surface area (Å²) in [7, 11) is -10.7. The molecule has 6 nitrogen and oxygen atoms in total. The molecule has 0 aliphatic rings. The van der Waals surface area contributed by atoms with Crippen LogP contribution in [0, 0.1) is 33.3 Å². The van der Waals surface area contributed by atoms with Gasteiger partial charge in [-0.3, -0.25) is 4.98 Å². The number of hydrogen-bond donors (Lipinski definition) is 0. The molecule has 0 bridgehead atoms. The Morgan fingerprint density at radius 1 is 0.542 bits per heavy atom. The average Bonchev–Trinajstić information content (AvgIpc) is 2.56. The number of nitrogens with zero attached hydrogens (tertiary/aromatic N) is 1. The van der Waals surface area contributed by atoms with Gasteiger partial charge in [0.25, 0.3) is 0 Å². The summed E-state index contributed by atoms with van der Waals surface area (Å²) in [5, 5.41) is 0. The van der Waals surface area contributed by atoms with Gasteiger partial charge < -0.3 is 0 Å². The average molecular weight is 419 g/mol. The maximum atomic E-state index is 9.87. The van der Waals surface area contributed by atoms with Gasteiger partial charge in [0.05, 0.1) is 0 Å². The smallest absolute Gasteiger partial charge is 0.0267 e. The van der Waals surface area contributed by atoms with Gasteiger partial charge in [0, 0.05) is 29.5 Å². The molecular weight excluding hydrogens is 414 g/mol. The first-order chi connectivity index (χ1) is 10.4. The SMILES string of the molecule is F[P-](F)(F)(F)(F)F.[C-]#[O+].[C-]#[O+].[C-]#[O+].[C-]#[O+].[C-]#[O+].[Mn].c1ccncc1. The third-order valence-corrected chi connectivity index (χ3v) is 0.566. The molecule has 0 amide bonds. The second-order valence-corrected chi connectivity index (χ2v) is 3.90. The Morgan fingerprint density at radius 2 is 0.708 bits per heavy atom. The van der Waals surface area contributed by atoms with Gasteiger partial charge in [0.15, 0.2) is 0 Å². The molecule has 0 atom stereocenters. The van der Waals surface area contributed by atoms with Crippen LogP contribution >= 0.6 is 7.81 Å². The minimum Gasteiger partial charge on any atom is -0.265 e. The van der Waals surface area contributed by atoms with E-state index in [0.717, 1.165) is 0 Å². The molecule has 0 saturated carbocycles. The third kappa shape index (κ3) is 399. The van der Waals surface area contributed by atoms with Crippen LogP contribution in [0.4, 0.5) is 25.2 Å². The van der Waals surface area contributed by atoms with Crippen LogP contribution in [0.1, 0.15) is 0 Å². The van der Waals surface area contributed by atoms with Gasteiger partial charge in [0.2, 0.25) is 0 Å². The summed E-state index contributed by atoms with van der Waals surface area (Å²) in [5.74, 6) is 0. The number of hydrogen-bond acceptors (Lipinski definition) is 1. The first kappa shape index (κ1) is 43.2. The van der Waals surface area contributed by atoms with E-state index in [1.165, 1.54) is 0 Å². The van der Waals surface area contributed by atoms with Gasteiger partial charge in [-0.05, 0) is 12.1 Å². The Bertz CT molecular complexity index is 384. The van der Waals surface area contributed by atoms with Crippen molar-refractivity contribution < 1.29 is 65.5 Å². The summed E-state index contributed by atoms with van der Waals surface area (Å²) < 4.78 is 96.7. The second-order valence-electron chi connectivity index (χ2n) is 1.98. The molecule has 135 valence electrons. The van der Waals surface area contributed by atoms with Gasteiger partial charge in [-0.25, -0.2) is 0 Å². The molecule has 0 fully saturated rings. The standard InChI is InChI=1S/C5H5N.5CO.F6P.Mn/c1-2-4-6-5-3-1;5*1-2;1-7(2,3,4,5)6;/h1-5H;;;;;;;/q;;;;;;-1;. The van der Waals surface area contributed by atoms with E-state index in [1.807, 2.05) is 18.2 Å². The van der Waals surface area contributed by atoms with Gasteiger partial charge in [-0.1, -0.05) is 6.07 Å². The molecular formula is C10H5F6MnNO5P-. The number of halogens is 6. The van der Waals surface area contributed by atoms with Crippen molar-refractivity contribution >= 4 is 7.81 Å². The largest absolute Gasteiger partial charge is 0.265 e. The van der Waals surface area contributed by atoms with Crippen molar-refractivity contribution in [3.8, 4) is 0 Å². The van der Waals surface area contributed by atoms with Crippen LogP contribution in [0.3, 0.4) is 0 Å². The molecule has 1 heterocycles. The van der Waals surface area contributed by atoms with Gasteiger partial charge in [-0.15, -0.1) is 0 Å². The van der Waals surface area contributed by atoms with Crippen LogP contribution in [0.15, 0.2) is 30.6 Å². The minimum atomic E-state index is -10.7. The summed E-state index contributed by atoms with van der Waals surface area (Å²) in [6.45, 7) is 22.5. The molecule has 1 radical (unpaired) electrons. The zero-order valence-electron chi connectivity index (χ0n) is 11.0. The van der Waals surface area contributed by atoms with Gasteiger partial charge in [-0.2, -0.15) is 0 Å². The van der Waals surface area contributed by atoms with Crippen molar-refractivity contribution in [2.45, 2.75) is 0 Å². The van der Waals surface area contributed by atoms with Crippen molar-refractivity contribution in [3.63, 3.8) is 0 Å². The molecule has 0 aliphatic heterocycles. The van der Waals surface area contributed by atoms with Crippen molar-refractivity contribution in [2.75, 3.05) is 0 Å². The molecule has 1 rings (SSSR count). The zero-order valence-corrected chi connectivity index (χ0v) is 13.0. The van der Waals surface area contributed by atoms with Crippen LogP contribution in [0.25, 0.3) is 0 Å². The third-order valence-electron chi connectivity index (χ3n) is 0.566. The van der Waals surface area contributed by atoms with E-state index in [2.05, 4.69) is 38.2 Å². The molecule has 1 aromatic heterocycles. The Labute approximate surface area is 142 Å². The Morgan fingerprint density at radius 3 is 0.750 bits per heavy atom. The maximum Gasteiger partial charge on any atom is 0.0267 e. The molecule has 0 N–H and O–H groups in total. The second kappa shape index (κ2) is 23.6. The molecule has 0 aromatic carbocycles. The monoisotopic (exact) mass is 419 g/mol. The fourth-order valence-corrected chi connectivity index (χ4v) is 0.313. The van der Waals surface area contributed by atoms with Crippen LogP contribution in [0.2, 0.25) is 0 Å². The van der Waals surface area contributed by atoms with Crippen LogP contribution in [-0.4, -0.2) is 4.98 Å². The van der Waals surface area contributed by atoms with Crippen LogP contribution < -0.4 is 0 Å². The van der Waals surface area contributed by atoms with Crippen LogP contribution in [-0.2, 0) is 40.3 Å². The molecule has 0 aliphatic carbocycles. The van der Waals surface area contributed by atoms with Gasteiger partial charge in [0.1, 0.15) is 0 Å². The fourth-order valence-electron chi connectivity index (χ4n) is 0.313. The number of aromatic nitrogens is 1. The normalized spacial score (nSPS) is 9.17. The summed E-state index contributed by atoms with van der Waals surface area (Å²) in [6.07, 6.45) is 3.50. The first-order valence-electron chi connectivity index (χ1n) is 3.88. The van der Waals surface area contributed by atoms with E-state index in [-0.39, 0.29) is 17.1 Å². The summed E-state index contributed by atoms with van der Waals surface area (Å²) >= 11 is 0. The quantitative estimate of drug-likeness (QED) is 0.202. The van der Waals surface area contributed by atoms with Crippen molar-refractivity contribution in [2.24, 2.45) is 0 Å². The maximum absolute atomic E-state index is 10.7. The predicted molar refractivity (Wildman–Crippen MR) is 57.5 cm³/mol. The van der Waals surface area contributed by atoms with E-state index in [9.17, 15) is 25.2 Å². The molecule has 0 unspecified atom stereocenters. The Hall–Kier alpha value is -1.62. The fraction of sp³-hybridized carbons (Fsp3) is 0. The Kier molecular flexibility index (Phi) is 42.6. The van der Waals surface area contributed by atoms with Crippen molar-refractivity contribution in [3.05, 3.63) is 63.8 Å². The van der Waals surface area contributed by atoms with Crippen molar-refractivity contribution in [1.29, 1.82) is 0 Å². The Balaban J connectivity index is -0.0000000311. The molecule has 14 heteroatoms. The number of pyridine rings is 1. The van der Waals surface area contributed by atoms with E-state index >= 15 is 0 Å². The predicted octanol–water partition coefficient (Wildman–Crippen LogP) is 4.27.